The number of hydrogen-bond donors (Lipinski definition) is 2. The maximum atomic E-state index is 6.00. The molecule has 0 saturated carbocycles. The molecular formula is C18H22N2OSi. The fourth-order valence-corrected chi connectivity index (χ4v) is 2.35. The Hall–Kier alpha value is -2.38. The molecule has 0 radical (unpaired) electrons. The Labute approximate surface area is 133 Å². The summed E-state index contributed by atoms with van der Waals surface area (Å²) < 4.78 is 5.81. The van der Waals surface area contributed by atoms with Crippen molar-refractivity contribution in [2.45, 2.75) is 26.2 Å². The molecule has 4 N–H and O–H groups in total. The van der Waals surface area contributed by atoms with Crippen LogP contribution in [-0.4, -0.2) is 8.07 Å². The van der Waals surface area contributed by atoms with Crippen molar-refractivity contribution in [1.29, 1.82) is 0 Å². The van der Waals surface area contributed by atoms with Crippen molar-refractivity contribution in [1.82, 2.24) is 0 Å². The molecule has 0 amide bonds. The highest BCUT2D eigenvalue weighted by Gasteiger charge is 2.10. The minimum atomic E-state index is -1.45. The lowest BCUT2D eigenvalue weighted by atomic mass is 10.1. The maximum Gasteiger partial charge on any atom is 0.144 e. The quantitative estimate of drug-likeness (QED) is 0.517. The topological polar surface area (TPSA) is 61.3 Å². The van der Waals surface area contributed by atoms with Gasteiger partial charge in [-0.2, -0.15) is 0 Å². The summed E-state index contributed by atoms with van der Waals surface area (Å²) in [6.45, 7) is 7.05. The van der Waals surface area contributed by atoms with Crippen LogP contribution < -0.4 is 16.2 Å². The van der Waals surface area contributed by atoms with Gasteiger partial charge in [0.25, 0.3) is 0 Å². The minimum Gasteiger partial charge on any atom is -0.487 e. The molecule has 0 saturated heterocycles. The summed E-state index contributed by atoms with van der Waals surface area (Å²) in [6, 6.07) is 13.5. The van der Waals surface area contributed by atoms with Crippen molar-refractivity contribution in [3.05, 3.63) is 53.6 Å². The molecule has 0 atom stereocenters. The van der Waals surface area contributed by atoms with Crippen LogP contribution in [0.4, 0.5) is 11.4 Å². The highest BCUT2D eigenvalue weighted by atomic mass is 28.3. The van der Waals surface area contributed by atoms with Crippen LogP contribution in [0.25, 0.3) is 0 Å². The molecule has 0 aliphatic heterocycles. The second-order valence-corrected chi connectivity index (χ2v) is 11.0. The molecule has 0 spiro atoms. The number of nitrogens with two attached hydrogens (primary N) is 2. The summed E-state index contributed by atoms with van der Waals surface area (Å²) in [5, 5.41) is 0. The summed E-state index contributed by atoms with van der Waals surface area (Å²) in [5.74, 6) is 3.79. The molecule has 0 fully saturated rings. The van der Waals surface area contributed by atoms with Crippen LogP contribution in [0.15, 0.2) is 42.5 Å². The smallest absolute Gasteiger partial charge is 0.144 e. The second-order valence-electron chi connectivity index (χ2n) is 6.25. The molecule has 0 unspecified atom stereocenters. The molecule has 2 rings (SSSR count). The predicted molar refractivity (Wildman–Crippen MR) is 96.3 cm³/mol. The van der Waals surface area contributed by atoms with Gasteiger partial charge >= 0.3 is 0 Å². The molecular weight excluding hydrogens is 288 g/mol. The molecule has 2 aromatic rings. The van der Waals surface area contributed by atoms with Crippen molar-refractivity contribution >= 4 is 19.4 Å². The van der Waals surface area contributed by atoms with E-state index in [1.807, 2.05) is 36.4 Å². The lowest BCUT2D eigenvalue weighted by Crippen LogP contribution is -2.16. The zero-order chi connectivity index (χ0) is 16.2. The van der Waals surface area contributed by atoms with Crippen LogP contribution >= 0.6 is 0 Å². The third-order valence-electron chi connectivity index (χ3n) is 2.99. The van der Waals surface area contributed by atoms with Gasteiger partial charge in [0.05, 0.1) is 11.3 Å². The van der Waals surface area contributed by atoms with E-state index in [1.54, 1.807) is 6.07 Å². The van der Waals surface area contributed by atoms with E-state index in [1.165, 1.54) is 0 Å². The van der Waals surface area contributed by atoms with E-state index in [2.05, 4.69) is 31.1 Å². The zero-order valence-corrected chi connectivity index (χ0v) is 14.3. The van der Waals surface area contributed by atoms with Crippen LogP contribution in [0.3, 0.4) is 0 Å². The molecule has 4 heteroatoms. The fraction of sp³-hybridized carbons (Fsp3) is 0.222. The molecule has 22 heavy (non-hydrogen) atoms. The Balaban J connectivity index is 2.22. The summed E-state index contributed by atoms with van der Waals surface area (Å²) in [5.41, 5.74) is 18.3. The summed E-state index contributed by atoms with van der Waals surface area (Å²) in [4.78, 5) is 0. The zero-order valence-electron chi connectivity index (χ0n) is 13.3. The standard InChI is InChI=1S/C18H22N2OSi/c1-22(2,3)10-9-15-11-18(17(20)12-16(15)19)21-13-14-7-5-4-6-8-14/h4-8,11-12H,13,19-20H2,1-3H3. The Kier molecular flexibility index (Phi) is 4.79. The van der Waals surface area contributed by atoms with Gasteiger partial charge in [-0.15, -0.1) is 5.54 Å². The van der Waals surface area contributed by atoms with Gasteiger partial charge in [0.1, 0.15) is 20.4 Å². The van der Waals surface area contributed by atoms with Crippen molar-refractivity contribution in [2.24, 2.45) is 0 Å². The summed E-state index contributed by atoms with van der Waals surface area (Å²) in [7, 11) is -1.45. The lowest BCUT2D eigenvalue weighted by Gasteiger charge is -2.11. The van der Waals surface area contributed by atoms with Gasteiger partial charge in [-0.25, -0.2) is 0 Å². The van der Waals surface area contributed by atoms with Gasteiger partial charge in [0, 0.05) is 5.69 Å². The second kappa shape index (κ2) is 6.59. The van der Waals surface area contributed by atoms with E-state index in [0.717, 1.165) is 11.1 Å². The average molecular weight is 310 g/mol. The van der Waals surface area contributed by atoms with Crippen LogP contribution in [0.2, 0.25) is 19.6 Å². The molecule has 0 aliphatic carbocycles. The summed E-state index contributed by atoms with van der Waals surface area (Å²) >= 11 is 0. The van der Waals surface area contributed by atoms with Gasteiger partial charge in [-0.05, 0) is 17.7 Å². The number of rotatable bonds is 3. The highest BCUT2D eigenvalue weighted by molar-refractivity contribution is 6.83. The summed E-state index contributed by atoms with van der Waals surface area (Å²) in [6.07, 6.45) is 0. The number of nitrogen functional groups attached to an aromatic ring is 2. The number of benzene rings is 2. The Morgan fingerprint density at radius 2 is 1.68 bits per heavy atom. The van der Waals surface area contributed by atoms with Crippen LogP contribution in [0, 0.1) is 11.5 Å². The van der Waals surface area contributed by atoms with E-state index in [-0.39, 0.29) is 0 Å². The van der Waals surface area contributed by atoms with Gasteiger partial charge < -0.3 is 16.2 Å². The van der Waals surface area contributed by atoms with Crippen LogP contribution in [0.5, 0.6) is 5.75 Å². The van der Waals surface area contributed by atoms with Crippen molar-refractivity contribution in [3.8, 4) is 17.2 Å². The van der Waals surface area contributed by atoms with E-state index in [4.69, 9.17) is 16.2 Å². The number of anilines is 2. The Bertz CT molecular complexity index is 710. The van der Waals surface area contributed by atoms with Crippen molar-refractivity contribution in [2.75, 3.05) is 11.5 Å². The van der Waals surface area contributed by atoms with Crippen molar-refractivity contribution in [3.63, 3.8) is 0 Å². The van der Waals surface area contributed by atoms with Crippen LogP contribution in [-0.2, 0) is 6.61 Å². The van der Waals surface area contributed by atoms with Gasteiger partial charge in [0.15, 0.2) is 0 Å². The monoisotopic (exact) mass is 310 g/mol. The van der Waals surface area contributed by atoms with Gasteiger partial charge in [-0.1, -0.05) is 55.9 Å². The molecule has 0 aliphatic rings. The highest BCUT2D eigenvalue weighted by Crippen LogP contribution is 2.28. The Morgan fingerprint density at radius 3 is 2.32 bits per heavy atom. The van der Waals surface area contributed by atoms with E-state index >= 15 is 0 Å². The third kappa shape index (κ3) is 4.57. The number of hydrogen-bond acceptors (Lipinski definition) is 3. The fourth-order valence-electron chi connectivity index (χ4n) is 1.84. The maximum absolute atomic E-state index is 6.00. The van der Waals surface area contributed by atoms with E-state index in [0.29, 0.717) is 23.7 Å². The molecule has 0 heterocycles. The largest absolute Gasteiger partial charge is 0.487 e. The molecule has 3 nitrogen and oxygen atoms in total. The van der Waals surface area contributed by atoms with E-state index in [9.17, 15) is 0 Å². The number of ether oxygens (including phenoxy) is 1. The molecule has 114 valence electrons. The first-order valence-electron chi connectivity index (χ1n) is 7.24. The molecule has 0 bridgehead atoms. The first-order chi connectivity index (χ1) is 10.3. The lowest BCUT2D eigenvalue weighted by molar-refractivity contribution is 0.308. The van der Waals surface area contributed by atoms with Crippen LogP contribution in [0.1, 0.15) is 11.1 Å². The average Bonchev–Trinajstić information content (AvgIpc) is 2.45. The molecule has 2 aromatic carbocycles. The SMILES string of the molecule is C[Si](C)(C)C#Cc1cc(OCc2ccccc2)c(N)cc1N. The molecule has 0 aromatic heterocycles. The minimum absolute atomic E-state index is 0.468. The predicted octanol–water partition coefficient (Wildman–Crippen LogP) is 3.66. The van der Waals surface area contributed by atoms with Crippen molar-refractivity contribution < 1.29 is 4.74 Å². The normalized spacial score (nSPS) is 10.7. The van der Waals surface area contributed by atoms with Gasteiger partial charge in [-0.3, -0.25) is 0 Å². The van der Waals surface area contributed by atoms with Gasteiger partial charge in [0.2, 0.25) is 0 Å². The third-order valence-corrected chi connectivity index (χ3v) is 3.87. The first kappa shape index (κ1) is 16.0. The van der Waals surface area contributed by atoms with E-state index < -0.39 is 8.07 Å². The Morgan fingerprint density at radius 1 is 1.00 bits per heavy atom. The first-order valence-corrected chi connectivity index (χ1v) is 10.7.